The van der Waals surface area contributed by atoms with Gasteiger partial charge in [-0.15, -0.1) is 0 Å². The van der Waals surface area contributed by atoms with Crippen LogP contribution in [0.15, 0.2) is 24.3 Å². The molecular weight excluding hydrogens is 226 g/mol. The van der Waals surface area contributed by atoms with Crippen molar-refractivity contribution in [2.45, 2.75) is 12.8 Å². The van der Waals surface area contributed by atoms with Gasteiger partial charge in [0.25, 0.3) is 5.91 Å². The predicted octanol–water partition coefficient (Wildman–Crippen LogP) is 0.623. The van der Waals surface area contributed by atoms with Crippen molar-refractivity contribution < 1.29 is 4.79 Å². The van der Waals surface area contributed by atoms with Crippen molar-refractivity contribution in [3.05, 3.63) is 35.4 Å². The first-order valence-electron chi connectivity index (χ1n) is 6.59. The van der Waals surface area contributed by atoms with E-state index in [9.17, 15) is 4.79 Å². The zero-order valence-corrected chi connectivity index (χ0v) is 10.7. The fourth-order valence-electron chi connectivity index (χ4n) is 2.02. The first-order valence-corrected chi connectivity index (χ1v) is 6.59. The monoisotopic (exact) mass is 247 g/mol. The summed E-state index contributed by atoms with van der Waals surface area (Å²) in [6.07, 6.45) is 2.15. The van der Waals surface area contributed by atoms with Gasteiger partial charge >= 0.3 is 0 Å². The molecule has 0 aromatic heterocycles. The summed E-state index contributed by atoms with van der Waals surface area (Å²) in [5.41, 5.74) is 7.38. The number of nitrogens with zero attached hydrogens (tertiary/aromatic N) is 1. The molecule has 4 nitrogen and oxygen atoms in total. The van der Waals surface area contributed by atoms with Crippen LogP contribution in [0.1, 0.15) is 22.3 Å². The molecule has 0 saturated carbocycles. The average molecular weight is 247 g/mol. The number of carbonyl (C=O) groups excluding carboxylic acids is 1. The summed E-state index contributed by atoms with van der Waals surface area (Å²) in [6, 6.07) is 7.67. The lowest BCUT2D eigenvalue weighted by atomic mass is 10.1. The summed E-state index contributed by atoms with van der Waals surface area (Å²) in [4.78, 5) is 14.2. The number of carbonyl (C=O) groups is 1. The molecule has 18 heavy (non-hydrogen) atoms. The number of amides is 1. The van der Waals surface area contributed by atoms with Crippen molar-refractivity contribution in [1.82, 2.24) is 10.2 Å². The van der Waals surface area contributed by atoms with E-state index in [0.29, 0.717) is 6.54 Å². The molecule has 0 bridgehead atoms. The number of hydrogen-bond donors (Lipinski definition) is 2. The van der Waals surface area contributed by atoms with E-state index in [4.69, 9.17) is 5.73 Å². The number of nitrogens with two attached hydrogens (primary N) is 1. The van der Waals surface area contributed by atoms with E-state index in [0.717, 1.165) is 25.1 Å². The lowest BCUT2D eigenvalue weighted by molar-refractivity contribution is 0.0941. The molecule has 1 aromatic carbocycles. The topological polar surface area (TPSA) is 58.4 Å². The van der Waals surface area contributed by atoms with Crippen molar-refractivity contribution >= 4 is 5.91 Å². The fourth-order valence-corrected chi connectivity index (χ4v) is 2.02. The maximum Gasteiger partial charge on any atom is 0.251 e. The van der Waals surface area contributed by atoms with Gasteiger partial charge in [0, 0.05) is 18.7 Å². The number of likely N-dealkylation sites (tertiary alicyclic amines) is 1. The summed E-state index contributed by atoms with van der Waals surface area (Å²) < 4.78 is 0. The first kappa shape index (κ1) is 13.1. The molecule has 1 fully saturated rings. The maximum absolute atomic E-state index is 11.8. The molecule has 0 unspecified atom stereocenters. The van der Waals surface area contributed by atoms with Gasteiger partial charge in [0.15, 0.2) is 0 Å². The Bertz CT molecular complexity index is 385. The van der Waals surface area contributed by atoms with Gasteiger partial charge in [-0.1, -0.05) is 12.1 Å². The van der Waals surface area contributed by atoms with Gasteiger partial charge in [0.2, 0.25) is 0 Å². The Morgan fingerprint density at radius 1 is 1.28 bits per heavy atom. The molecule has 1 aromatic rings. The molecule has 1 amide bonds. The second-order valence-corrected chi connectivity index (χ2v) is 4.69. The Hall–Kier alpha value is -1.39. The van der Waals surface area contributed by atoms with Crippen molar-refractivity contribution in [2.24, 2.45) is 5.73 Å². The Morgan fingerprint density at radius 3 is 2.56 bits per heavy atom. The van der Waals surface area contributed by atoms with Gasteiger partial charge in [0.1, 0.15) is 0 Å². The van der Waals surface area contributed by atoms with Crippen LogP contribution in [0.3, 0.4) is 0 Å². The van der Waals surface area contributed by atoms with Gasteiger partial charge in [-0.25, -0.2) is 0 Å². The van der Waals surface area contributed by atoms with Gasteiger partial charge in [-0.2, -0.15) is 0 Å². The molecule has 0 atom stereocenters. The molecule has 1 aliphatic rings. The Labute approximate surface area is 108 Å². The summed E-state index contributed by atoms with van der Waals surface area (Å²) in [5.74, 6) is 0.00909. The van der Waals surface area contributed by atoms with Gasteiger partial charge in [0.05, 0.1) is 0 Å². The first-order chi connectivity index (χ1) is 8.79. The minimum atomic E-state index is 0.00909. The molecule has 0 aliphatic carbocycles. The SMILES string of the molecule is NCCc1ccc(C(=O)NCCN2CCC2)cc1. The quantitative estimate of drug-likeness (QED) is 0.775. The van der Waals surface area contributed by atoms with Crippen LogP contribution in [0.5, 0.6) is 0 Å². The normalized spacial score (nSPS) is 15.2. The predicted molar refractivity (Wildman–Crippen MR) is 72.6 cm³/mol. The fraction of sp³-hybridized carbons (Fsp3) is 0.500. The molecule has 1 saturated heterocycles. The second kappa shape index (κ2) is 6.52. The van der Waals surface area contributed by atoms with Crippen LogP contribution in [-0.2, 0) is 6.42 Å². The molecular formula is C14H21N3O. The minimum Gasteiger partial charge on any atom is -0.351 e. The van der Waals surface area contributed by atoms with E-state index in [1.165, 1.54) is 25.1 Å². The number of benzene rings is 1. The highest BCUT2D eigenvalue weighted by molar-refractivity contribution is 5.94. The van der Waals surface area contributed by atoms with Crippen LogP contribution in [-0.4, -0.2) is 43.5 Å². The highest BCUT2D eigenvalue weighted by Crippen LogP contribution is 2.05. The molecule has 0 radical (unpaired) electrons. The summed E-state index contributed by atoms with van der Waals surface area (Å²) in [6.45, 7) is 4.66. The smallest absolute Gasteiger partial charge is 0.251 e. The maximum atomic E-state index is 11.8. The van der Waals surface area contributed by atoms with Crippen LogP contribution < -0.4 is 11.1 Å². The van der Waals surface area contributed by atoms with E-state index >= 15 is 0 Å². The molecule has 0 spiro atoms. The summed E-state index contributed by atoms with van der Waals surface area (Å²) >= 11 is 0. The van der Waals surface area contributed by atoms with E-state index in [1.54, 1.807) is 0 Å². The van der Waals surface area contributed by atoms with Crippen molar-refractivity contribution in [1.29, 1.82) is 0 Å². The van der Waals surface area contributed by atoms with Crippen LogP contribution >= 0.6 is 0 Å². The van der Waals surface area contributed by atoms with Crippen molar-refractivity contribution in [3.63, 3.8) is 0 Å². The highest BCUT2D eigenvalue weighted by atomic mass is 16.1. The number of rotatable bonds is 6. The average Bonchev–Trinajstić information content (AvgIpc) is 2.33. The standard InChI is InChI=1S/C14H21N3O/c15-7-6-12-2-4-13(5-3-12)14(18)16-8-11-17-9-1-10-17/h2-5H,1,6-11,15H2,(H,16,18). The molecule has 4 heteroatoms. The Morgan fingerprint density at radius 2 is 2.00 bits per heavy atom. The van der Waals surface area contributed by atoms with Crippen molar-refractivity contribution in [2.75, 3.05) is 32.7 Å². The van der Waals surface area contributed by atoms with Crippen LogP contribution in [0.2, 0.25) is 0 Å². The number of hydrogen-bond acceptors (Lipinski definition) is 3. The minimum absolute atomic E-state index is 0.00909. The van der Waals surface area contributed by atoms with Gasteiger partial charge in [-0.3, -0.25) is 4.79 Å². The van der Waals surface area contributed by atoms with E-state index in [2.05, 4.69) is 10.2 Å². The summed E-state index contributed by atoms with van der Waals surface area (Å²) in [5, 5.41) is 2.94. The Balaban J connectivity index is 1.76. The lowest BCUT2D eigenvalue weighted by Gasteiger charge is -2.30. The molecule has 3 N–H and O–H groups in total. The lowest BCUT2D eigenvalue weighted by Crippen LogP contribution is -2.42. The Kier molecular flexibility index (Phi) is 4.73. The van der Waals surface area contributed by atoms with E-state index < -0.39 is 0 Å². The number of nitrogens with one attached hydrogen (secondary N) is 1. The highest BCUT2D eigenvalue weighted by Gasteiger charge is 2.13. The third kappa shape index (κ3) is 3.55. The van der Waals surface area contributed by atoms with Crippen molar-refractivity contribution in [3.8, 4) is 0 Å². The zero-order chi connectivity index (χ0) is 12.8. The van der Waals surface area contributed by atoms with Crippen LogP contribution in [0.25, 0.3) is 0 Å². The van der Waals surface area contributed by atoms with E-state index in [1.807, 2.05) is 24.3 Å². The van der Waals surface area contributed by atoms with Gasteiger partial charge < -0.3 is 16.0 Å². The molecule has 2 rings (SSSR count). The molecule has 98 valence electrons. The largest absolute Gasteiger partial charge is 0.351 e. The molecule has 1 heterocycles. The summed E-state index contributed by atoms with van der Waals surface area (Å²) in [7, 11) is 0. The van der Waals surface area contributed by atoms with E-state index in [-0.39, 0.29) is 5.91 Å². The van der Waals surface area contributed by atoms with Gasteiger partial charge in [-0.05, 0) is 50.2 Å². The zero-order valence-electron chi connectivity index (χ0n) is 10.7. The third-order valence-corrected chi connectivity index (χ3v) is 3.31. The van der Waals surface area contributed by atoms with Crippen LogP contribution in [0.4, 0.5) is 0 Å². The van der Waals surface area contributed by atoms with Crippen LogP contribution in [0, 0.1) is 0 Å². The second-order valence-electron chi connectivity index (χ2n) is 4.69. The molecule has 1 aliphatic heterocycles. The third-order valence-electron chi connectivity index (χ3n) is 3.31.